The molecule has 2 atom stereocenters. The molecule has 2 aliphatic rings. The Morgan fingerprint density at radius 3 is 2.86 bits per heavy atom. The quantitative estimate of drug-likeness (QED) is 0.866. The van der Waals surface area contributed by atoms with E-state index >= 15 is 0 Å². The van der Waals surface area contributed by atoms with Crippen LogP contribution in [0.3, 0.4) is 0 Å². The van der Waals surface area contributed by atoms with Gasteiger partial charge in [-0.15, -0.1) is 0 Å². The number of hydrogen-bond acceptors (Lipinski definition) is 5. The van der Waals surface area contributed by atoms with Gasteiger partial charge < -0.3 is 24.3 Å². The van der Waals surface area contributed by atoms with E-state index in [-0.39, 0.29) is 6.04 Å². The zero-order chi connectivity index (χ0) is 14.5. The van der Waals surface area contributed by atoms with Crippen molar-refractivity contribution in [3.8, 4) is 11.5 Å². The lowest BCUT2D eigenvalue weighted by Gasteiger charge is -2.22. The summed E-state index contributed by atoms with van der Waals surface area (Å²) in [5, 5.41) is 3.30. The summed E-state index contributed by atoms with van der Waals surface area (Å²) >= 11 is 0. The van der Waals surface area contributed by atoms with E-state index in [0.717, 1.165) is 43.3 Å². The normalized spacial score (nSPS) is 22.2. The van der Waals surface area contributed by atoms with Gasteiger partial charge in [-0.05, 0) is 31.2 Å². The van der Waals surface area contributed by atoms with Crippen molar-refractivity contribution in [1.29, 1.82) is 0 Å². The third-order valence-corrected chi connectivity index (χ3v) is 3.98. The lowest BCUT2D eigenvalue weighted by atomic mass is 10.1. The minimum atomic E-state index is 0.156. The van der Waals surface area contributed by atoms with Gasteiger partial charge in [0.2, 0.25) is 0 Å². The number of hydrogen-bond donors (Lipinski definition) is 1. The number of likely N-dealkylation sites (N-methyl/N-ethyl adjacent to an activating group) is 1. The van der Waals surface area contributed by atoms with Gasteiger partial charge in [0.1, 0.15) is 13.2 Å². The van der Waals surface area contributed by atoms with Crippen LogP contribution in [0.5, 0.6) is 11.5 Å². The molecule has 116 valence electrons. The maximum Gasteiger partial charge on any atom is 0.161 e. The van der Waals surface area contributed by atoms with E-state index < -0.39 is 0 Å². The first kappa shape index (κ1) is 14.6. The predicted molar refractivity (Wildman–Crippen MR) is 79.0 cm³/mol. The van der Waals surface area contributed by atoms with Crippen molar-refractivity contribution >= 4 is 0 Å². The van der Waals surface area contributed by atoms with Crippen LogP contribution in [-0.4, -0.2) is 46.7 Å². The van der Waals surface area contributed by atoms with Crippen LogP contribution in [0.2, 0.25) is 0 Å². The Labute approximate surface area is 125 Å². The zero-order valence-corrected chi connectivity index (χ0v) is 12.5. The van der Waals surface area contributed by atoms with Crippen LogP contribution in [0.4, 0.5) is 0 Å². The molecule has 21 heavy (non-hydrogen) atoms. The summed E-state index contributed by atoms with van der Waals surface area (Å²) in [6.07, 6.45) is 1.11. The topological polar surface area (TPSA) is 49.0 Å². The summed E-state index contributed by atoms with van der Waals surface area (Å²) in [4.78, 5) is 0. The van der Waals surface area contributed by atoms with Crippen molar-refractivity contribution in [2.45, 2.75) is 12.5 Å². The van der Waals surface area contributed by atoms with Gasteiger partial charge in [-0.3, -0.25) is 0 Å². The summed E-state index contributed by atoms with van der Waals surface area (Å²) in [6.45, 7) is 4.34. The highest BCUT2D eigenvalue weighted by Gasteiger charge is 2.18. The second-order valence-corrected chi connectivity index (χ2v) is 5.51. The molecule has 3 rings (SSSR count). The molecule has 2 heterocycles. The Bertz CT molecular complexity index is 460. The van der Waals surface area contributed by atoms with E-state index in [9.17, 15) is 0 Å². The predicted octanol–water partition coefficient (Wildman–Crippen LogP) is 1.77. The van der Waals surface area contributed by atoms with E-state index in [2.05, 4.69) is 11.4 Å². The number of ether oxygens (including phenoxy) is 4. The van der Waals surface area contributed by atoms with Crippen LogP contribution >= 0.6 is 0 Å². The monoisotopic (exact) mass is 293 g/mol. The van der Waals surface area contributed by atoms with E-state index in [4.69, 9.17) is 18.9 Å². The highest BCUT2D eigenvalue weighted by Crippen LogP contribution is 2.32. The van der Waals surface area contributed by atoms with Crippen molar-refractivity contribution in [1.82, 2.24) is 5.32 Å². The maximum absolute atomic E-state index is 5.85. The molecule has 0 bridgehead atoms. The van der Waals surface area contributed by atoms with Gasteiger partial charge in [-0.2, -0.15) is 0 Å². The van der Waals surface area contributed by atoms with Crippen LogP contribution < -0.4 is 14.8 Å². The molecular weight excluding hydrogens is 270 g/mol. The molecular formula is C16H23NO4. The summed E-state index contributed by atoms with van der Waals surface area (Å²) in [5.41, 5.74) is 1.16. The summed E-state index contributed by atoms with van der Waals surface area (Å²) in [5.74, 6) is 2.19. The zero-order valence-electron chi connectivity index (χ0n) is 12.5. The molecule has 5 heteroatoms. The highest BCUT2D eigenvalue weighted by molar-refractivity contribution is 5.44. The first-order chi connectivity index (χ1) is 10.4. The molecule has 0 radical (unpaired) electrons. The van der Waals surface area contributed by atoms with Gasteiger partial charge in [0.15, 0.2) is 11.5 Å². The van der Waals surface area contributed by atoms with Crippen LogP contribution in [-0.2, 0) is 9.47 Å². The molecule has 2 unspecified atom stereocenters. The van der Waals surface area contributed by atoms with Crippen LogP contribution in [0.1, 0.15) is 18.0 Å². The molecule has 1 fully saturated rings. The lowest BCUT2D eigenvalue weighted by Crippen LogP contribution is -2.24. The van der Waals surface area contributed by atoms with Crippen LogP contribution in [0.15, 0.2) is 18.2 Å². The summed E-state index contributed by atoms with van der Waals surface area (Å²) in [7, 11) is 1.95. The Morgan fingerprint density at radius 1 is 1.24 bits per heavy atom. The molecule has 1 aromatic rings. The largest absolute Gasteiger partial charge is 0.486 e. The fourth-order valence-corrected chi connectivity index (χ4v) is 2.69. The van der Waals surface area contributed by atoms with Crippen molar-refractivity contribution in [2.75, 3.05) is 46.7 Å². The second-order valence-electron chi connectivity index (χ2n) is 5.51. The average molecular weight is 293 g/mol. The molecule has 5 nitrogen and oxygen atoms in total. The Balaban J connectivity index is 1.57. The molecule has 1 N–H and O–H groups in total. The fourth-order valence-electron chi connectivity index (χ4n) is 2.69. The molecule has 0 spiro atoms. The molecule has 1 aromatic carbocycles. The van der Waals surface area contributed by atoms with E-state index in [1.807, 2.05) is 19.2 Å². The van der Waals surface area contributed by atoms with Gasteiger partial charge in [0.25, 0.3) is 0 Å². The average Bonchev–Trinajstić information content (AvgIpc) is 3.04. The third kappa shape index (κ3) is 3.67. The van der Waals surface area contributed by atoms with E-state index in [1.54, 1.807) is 0 Å². The van der Waals surface area contributed by atoms with Gasteiger partial charge in [0.05, 0.1) is 25.9 Å². The SMILES string of the molecule is CNC(COCC1CCOC1)c1ccc2c(c1)OCCO2. The highest BCUT2D eigenvalue weighted by atomic mass is 16.6. The third-order valence-electron chi connectivity index (χ3n) is 3.98. The first-order valence-electron chi connectivity index (χ1n) is 7.59. The molecule has 2 aliphatic heterocycles. The van der Waals surface area contributed by atoms with E-state index in [0.29, 0.717) is 25.7 Å². The summed E-state index contributed by atoms with van der Waals surface area (Å²) < 4.78 is 22.4. The number of rotatable bonds is 6. The second kappa shape index (κ2) is 7.11. The first-order valence-corrected chi connectivity index (χ1v) is 7.59. The molecule has 1 saturated heterocycles. The van der Waals surface area contributed by atoms with Gasteiger partial charge >= 0.3 is 0 Å². The van der Waals surface area contributed by atoms with Crippen molar-refractivity contribution in [3.63, 3.8) is 0 Å². The molecule has 0 aromatic heterocycles. The van der Waals surface area contributed by atoms with E-state index in [1.165, 1.54) is 0 Å². The number of benzene rings is 1. The number of fused-ring (bicyclic) bond motifs is 1. The van der Waals surface area contributed by atoms with Crippen LogP contribution in [0.25, 0.3) is 0 Å². The maximum atomic E-state index is 5.85. The van der Waals surface area contributed by atoms with Crippen LogP contribution in [0, 0.1) is 5.92 Å². The summed E-state index contributed by atoms with van der Waals surface area (Å²) in [6, 6.07) is 6.23. The number of nitrogens with one attached hydrogen (secondary N) is 1. The van der Waals surface area contributed by atoms with Crippen molar-refractivity contribution < 1.29 is 18.9 Å². The minimum Gasteiger partial charge on any atom is -0.486 e. The molecule has 0 aliphatic carbocycles. The Kier molecular flexibility index (Phi) is 4.95. The van der Waals surface area contributed by atoms with Crippen molar-refractivity contribution in [2.24, 2.45) is 5.92 Å². The Morgan fingerprint density at radius 2 is 2.10 bits per heavy atom. The lowest BCUT2D eigenvalue weighted by molar-refractivity contribution is 0.0756. The van der Waals surface area contributed by atoms with Gasteiger partial charge in [0, 0.05) is 12.5 Å². The molecule has 0 amide bonds. The minimum absolute atomic E-state index is 0.156. The van der Waals surface area contributed by atoms with Crippen molar-refractivity contribution in [3.05, 3.63) is 23.8 Å². The fraction of sp³-hybridized carbons (Fsp3) is 0.625. The van der Waals surface area contributed by atoms with Gasteiger partial charge in [-0.25, -0.2) is 0 Å². The Hall–Kier alpha value is -1.30. The smallest absolute Gasteiger partial charge is 0.161 e. The standard InChI is InChI=1S/C16H23NO4/c1-17-14(11-19-10-12-4-5-18-9-12)13-2-3-15-16(8-13)21-7-6-20-15/h2-3,8,12,14,17H,4-7,9-11H2,1H3. The molecule has 0 saturated carbocycles. The van der Waals surface area contributed by atoms with Gasteiger partial charge in [-0.1, -0.05) is 6.07 Å².